The number of hydrogen-bond acceptors (Lipinski definition) is 10. The molecule has 0 unspecified atom stereocenters. The van der Waals surface area contributed by atoms with E-state index >= 15 is 0 Å². The zero-order valence-corrected chi connectivity index (χ0v) is 31.3. The zero-order chi connectivity index (χ0) is 36.3. The number of anilines is 1. The highest BCUT2D eigenvalue weighted by Crippen LogP contribution is 2.34. The zero-order valence-electron chi connectivity index (χ0n) is 30.5. The van der Waals surface area contributed by atoms with Crippen molar-refractivity contribution in [3.63, 3.8) is 0 Å². The summed E-state index contributed by atoms with van der Waals surface area (Å²) in [6, 6.07) is 8.74. The van der Waals surface area contributed by atoms with Gasteiger partial charge in [-0.3, -0.25) is 9.59 Å². The molecule has 0 aliphatic carbocycles. The molecule has 5 rings (SSSR count). The number of nitrogens with one attached hydrogen (secondary N) is 1. The summed E-state index contributed by atoms with van der Waals surface area (Å²) in [4.78, 5) is 51.0. The molecule has 13 heteroatoms. The number of ether oxygens (including phenoxy) is 1. The summed E-state index contributed by atoms with van der Waals surface area (Å²) in [6.45, 7) is 15.4. The van der Waals surface area contributed by atoms with Crippen molar-refractivity contribution in [1.82, 2.24) is 25.3 Å². The van der Waals surface area contributed by atoms with Gasteiger partial charge in [0.25, 0.3) is 0 Å². The lowest BCUT2D eigenvalue weighted by molar-refractivity contribution is -0.141. The van der Waals surface area contributed by atoms with Gasteiger partial charge in [0.05, 0.1) is 28.2 Å². The van der Waals surface area contributed by atoms with Crippen molar-refractivity contribution in [2.45, 2.75) is 97.4 Å². The molecule has 272 valence electrons. The van der Waals surface area contributed by atoms with Crippen LogP contribution in [-0.2, 0) is 14.3 Å². The Morgan fingerprint density at radius 2 is 1.82 bits per heavy atom. The van der Waals surface area contributed by atoms with Crippen LogP contribution in [0.3, 0.4) is 0 Å². The number of aliphatic hydroxyl groups excluding tert-OH is 1. The van der Waals surface area contributed by atoms with Gasteiger partial charge in [-0.2, -0.15) is 0 Å². The molecule has 2 aromatic heterocycles. The number of piperidine rings is 1. The first kappa shape index (κ1) is 37.3. The predicted molar refractivity (Wildman–Crippen MR) is 193 cm³/mol. The SMILES string of the molecule is Cc1ncsc1-c1ccc([C@H](C)NC(=O)[C@@H]2C[C@@H](O)CN2C(=O)[C@H](c2cc(N(C)CC3CCN(C(=O)OC(C)(C)C)CC3)no2)C(C)C)cc1. The molecule has 2 aliphatic heterocycles. The van der Waals surface area contributed by atoms with Crippen LogP contribution in [-0.4, -0.2) is 93.9 Å². The molecule has 2 aliphatic rings. The van der Waals surface area contributed by atoms with Crippen LogP contribution in [0, 0.1) is 18.8 Å². The van der Waals surface area contributed by atoms with Gasteiger partial charge in [-0.25, -0.2) is 9.78 Å². The molecule has 4 heterocycles. The van der Waals surface area contributed by atoms with E-state index in [9.17, 15) is 19.5 Å². The maximum Gasteiger partial charge on any atom is 0.410 e. The number of hydrogen-bond donors (Lipinski definition) is 2. The fraction of sp³-hybridized carbons (Fsp3) is 0.595. The maximum absolute atomic E-state index is 14.1. The molecule has 0 bridgehead atoms. The van der Waals surface area contributed by atoms with E-state index in [1.165, 1.54) is 4.90 Å². The number of carbonyl (C=O) groups excluding carboxylic acids is 3. The number of benzene rings is 1. The number of carbonyl (C=O) groups is 3. The van der Waals surface area contributed by atoms with E-state index in [0.717, 1.165) is 41.1 Å². The third-order valence-corrected chi connectivity index (χ3v) is 10.6. The number of nitrogens with zero attached hydrogens (tertiary/aromatic N) is 5. The number of β-amino-alcohol motifs (C(OH)–C–C–N with tert-alkyl or cyclic N) is 1. The first-order chi connectivity index (χ1) is 23.6. The highest BCUT2D eigenvalue weighted by Gasteiger charge is 2.43. The van der Waals surface area contributed by atoms with Crippen LogP contribution in [0.5, 0.6) is 0 Å². The van der Waals surface area contributed by atoms with E-state index in [1.54, 1.807) is 22.3 Å². The van der Waals surface area contributed by atoms with E-state index in [0.29, 0.717) is 30.6 Å². The Balaban J connectivity index is 1.20. The minimum Gasteiger partial charge on any atom is -0.444 e. The molecule has 12 nitrogen and oxygen atoms in total. The Hall–Kier alpha value is -3.97. The smallest absolute Gasteiger partial charge is 0.410 e. The van der Waals surface area contributed by atoms with Gasteiger partial charge in [-0.15, -0.1) is 11.3 Å². The number of aromatic nitrogens is 2. The number of rotatable bonds is 10. The Morgan fingerprint density at radius 1 is 1.14 bits per heavy atom. The standard InChI is InChI=1S/C37H52N6O6S/c1-22(2)32(30-18-31(40-49-30)41(8)19-25-13-15-42(16-14-25)36(47)48-37(5,6)7)35(46)43-20-28(44)17-29(43)34(45)39-23(3)26-9-11-27(12-10-26)33-24(4)38-21-50-33/h9-12,18,21-23,25,28-29,32,44H,13-17,19-20H2,1-8H3,(H,39,45)/t23-,28+,29-,32-/m0/s1. The average Bonchev–Trinajstić information content (AvgIpc) is 3.80. The lowest BCUT2D eigenvalue weighted by Gasteiger charge is -2.34. The summed E-state index contributed by atoms with van der Waals surface area (Å²) in [5, 5.41) is 18.0. The minimum atomic E-state index is -0.808. The van der Waals surface area contributed by atoms with E-state index in [2.05, 4.69) is 15.5 Å². The molecule has 50 heavy (non-hydrogen) atoms. The van der Waals surface area contributed by atoms with E-state index in [4.69, 9.17) is 9.26 Å². The molecule has 0 radical (unpaired) electrons. The Labute approximate surface area is 299 Å². The van der Waals surface area contributed by atoms with Crippen molar-refractivity contribution in [3.8, 4) is 10.4 Å². The topological polar surface area (TPSA) is 141 Å². The van der Waals surface area contributed by atoms with Crippen LogP contribution < -0.4 is 10.2 Å². The summed E-state index contributed by atoms with van der Waals surface area (Å²) in [5.41, 5.74) is 4.30. The van der Waals surface area contributed by atoms with Crippen LogP contribution in [0.1, 0.15) is 89.8 Å². The van der Waals surface area contributed by atoms with Crippen molar-refractivity contribution < 1.29 is 28.8 Å². The average molecular weight is 709 g/mol. The first-order valence-electron chi connectivity index (χ1n) is 17.6. The highest BCUT2D eigenvalue weighted by molar-refractivity contribution is 7.13. The fourth-order valence-electron chi connectivity index (χ4n) is 6.83. The lowest BCUT2D eigenvalue weighted by Crippen LogP contribution is -2.48. The number of amides is 3. The second kappa shape index (κ2) is 15.5. The van der Waals surface area contributed by atoms with Crippen LogP contribution >= 0.6 is 11.3 Å². The van der Waals surface area contributed by atoms with Gasteiger partial charge in [0.15, 0.2) is 11.6 Å². The molecule has 2 fully saturated rings. The van der Waals surface area contributed by atoms with Crippen LogP contribution in [0.2, 0.25) is 0 Å². The molecule has 4 atom stereocenters. The largest absolute Gasteiger partial charge is 0.444 e. The third-order valence-electron chi connectivity index (χ3n) is 9.59. The molecule has 3 amide bonds. The molecular weight excluding hydrogens is 657 g/mol. The van der Waals surface area contributed by atoms with Crippen molar-refractivity contribution in [2.75, 3.05) is 38.1 Å². The second-order valence-electron chi connectivity index (χ2n) is 15.1. The fourth-order valence-corrected chi connectivity index (χ4v) is 7.64. The Bertz CT molecular complexity index is 1620. The van der Waals surface area contributed by atoms with Gasteiger partial charge in [-0.1, -0.05) is 43.3 Å². The molecule has 0 saturated carbocycles. The summed E-state index contributed by atoms with van der Waals surface area (Å²) in [6.07, 6.45) is 0.771. The van der Waals surface area contributed by atoms with Crippen molar-refractivity contribution >= 4 is 35.1 Å². The number of thiazole rings is 1. The van der Waals surface area contributed by atoms with Crippen molar-refractivity contribution in [2.24, 2.45) is 11.8 Å². The van der Waals surface area contributed by atoms with Crippen molar-refractivity contribution in [3.05, 3.63) is 52.9 Å². The van der Waals surface area contributed by atoms with Crippen LogP contribution in [0.4, 0.5) is 10.6 Å². The molecule has 2 saturated heterocycles. The van der Waals surface area contributed by atoms with Gasteiger partial charge in [0.1, 0.15) is 17.6 Å². The summed E-state index contributed by atoms with van der Waals surface area (Å²) >= 11 is 1.59. The van der Waals surface area contributed by atoms with Gasteiger partial charge in [-0.05, 0) is 70.4 Å². The molecule has 1 aromatic carbocycles. The maximum atomic E-state index is 14.1. The minimum absolute atomic E-state index is 0.0698. The monoisotopic (exact) mass is 708 g/mol. The van der Waals surface area contributed by atoms with Gasteiger partial charge >= 0.3 is 6.09 Å². The normalized spacial score (nSPS) is 19.8. The van der Waals surface area contributed by atoms with Gasteiger partial charge in [0, 0.05) is 45.7 Å². The molecule has 3 aromatic rings. The Morgan fingerprint density at radius 3 is 2.42 bits per heavy atom. The molecule has 0 spiro atoms. The number of likely N-dealkylation sites (tertiary alicyclic amines) is 2. The third kappa shape index (κ3) is 8.84. The van der Waals surface area contributed by atoms with E-state index < -0.39 is 23.7 Å². The summed E-state index contributed by atoms with van der Waals surface area (Å²) in [7, 11) is 1.94. The van der Waals surface area contributed by atoms with E-state index in [-0.39, 0.29) is 42.8 Å². The van der Waals surface area contributed by atoms with Crippen molar-refractivity contribution in [1.29, 1.82) is 0 Å². The number of aliphatic hydroxyl groups is 1. The van der Waals surface area contributed by atoms with Gasteiger partial charge in [0.2, 0.25) is 11.8 Å². The second-order valence-corrected chi connectivity index (χ2v) is 16.0. The van der Waals surface area contributed by atoms with Gasteiger partial charge < -0.3 is 34.4 Å². The van der Waals surface area contributed by atoms with E-state index in [1.807, 2.05) is 90.2 Å². The Kier molecular flexibility index (Phi) is 11.6. The summed E-state index contributed by atoms with van der Waals surface area (Å²) < 4.78 is 11.3. The summed E-state index contributed by atoms with van der Waals surface area (Å²) in [5.74, 6) is 0.00581. The molecular formula is C37H52N6O6S. The van der Waals surface area contributed by atoms with Crippen LogP contribution in [0.15, 0.2) is 40.4 Å². The quantitative estimate of drug-likeness (QED) is 0.269. The predicted octanol–water partition coefficient (Wildman–Crippen LogP) is 5.77. The molecule has 2 N–H and O–H groups in total. The number of aryl methyl sites for hydroxylation is 1. The van der Waals surface area contributed by atoms with Crippen LogP contribution in [0.25, 0.3) is 10.4 Å². The lowest BCUT2D eigenvalue weighted by atomic mass is 9.91. The highest BCUT2D eigenvalue weighted by atomic mass is 32.1. The first-order valence-corrected chi connectivity index (χ1v) is 18.4.